The molecule has 2 aliphatic carbocycles. The highest BCUT2D eigenvalue weighted by Crippen LogP contribution is 2.65. The Hall–Kier alpha value is -2.88. The lowest BCUT2D eigenvalue weighted by Gasteiger charge is -2.38. The van der Waals surface area contributed by atoms with Gasteiger partial charge in [-0.2, -0.15) is 18.4 Å². The van der Waals surface area contributed by atoms with Crippen LogP contribution in [-0.4, -0.2) is 77.6 Å². The minimum Gasteiger partial charge on any atom is -0.376 e. The first-order valence-electron chi connectivity index (χ1n) is 12.7. The van der Waals surface area contributed by atoms with Gasteiger partial charge in [-0.05, 0) is 56.8 Å². The minimum absolute atomic E-state index is 0.0808. The Bertz CT molecular complexity index is 1080. The van der Waals surface area contributed by atoms with Crippen LogP contribution >= 0.6 is 0 Å². The number of nitrogens with one attached hydrogen (secondary N) is 3. The van der Waals surface area contributed by atoms with Gasteiger partial charge in [0.05, 0.1) is 11.7 Å². The van der Waals surface area contributed by atoms with Crippen molar-refractivity contribution in [3.8, 4) is 6.07 Å². The molecule has 4 fully saturated rings. The van der Waals surface area contributed by atoms with Gasteiger partial charge in [0, 0.05) is 25.1 Å². The summed E-state index contributed by atoms with van der Waals surface area (Å²) in [6.07, 6.45) is -2.73. The van der Waals surface area contributed by atoms with Crippen LogP contribution in [-0.2, 0) is 23.9 Å². The predicted octanol–water partition coefficient (Wildman–Crippen LogP) is 1.01. The number of carbonyl (C=O) groups excluding carboxylic acids is 4. The largest absolute Gasteiger partial charge is 0.471 e. The molecule has 0 aromatic carbocycles. The predicted molar refractivity (Wildman–Crippen MR) is 126 cm³/mol. The summed E-state index contributed by atoms with van der Waals surface area (Å²) < 4.78 is 44.4. The van der Waals surface area contributed by atoms with Gasteiger partial charge in [-0.15, -0.1) is 0 Å². The molecule has 0 radical (unpaired) electrons. The van der Waals surface area contributed by atoms with Crippen molar-refractivity contribution in [3.05, 3.63) is 0 Å². The third-order valence-electron chi connectivity index (χ3n) is 9.00. The van der Waals surface area contributed by atoms with Crippen LogP contribution in [0.3, 0.4) is 0 Å². The standard InChI is InChI=1S/C25H34F3N5O5/c1-22(2)14-11-33(20(36)17(23(3,4)38-5)31-21(37)25(26,27)28)16(15(14)22)19(35)30-13(10-29)8-12-9-24(6-7-24)32-18(12)34/h12-17H,6-9,11H2,1-5H3,(H,30,35)(H,31,37)(H,32,34)/t12-,13+,14+,15+,16+,17-/m1/s1. The minimum atomic E-state index is -5.22. The summed E-state index contributed by atoms with van der Waals surface area (Å²) in [5.74, 6) is -4.71. The third-order valence-corrected chi connectivity index (χ3v) is 9.00. The molecule has 6 atom stereocenters. The molecule has 4 rings (SSSR count). The van der Waals surface area contributed by atoms with Crippen LogP contribution in [0.1, 0.15) is 53.4 Å². The maximum absolute atomic E-state index is 13.6. The lowest BCUT2D eigenvalue weighted by Crippen LogP contribution is -2.63. The Balaban J connectivity index is 1.52. The Morgan fingerprint density at radius 2 is 1.87 bits per heavy atom. The highest BCUT2D eigenvalue weighted by Gasteiger charge is 2.70. The van der Waals surface area contributed by atoms with Crippen LogP contribution in [0.25, 0.3) is 0 Å². The van der Waals surface area contributed by atoms with Crippen molar-refractivity contribution in [2.75, 3.05) is 13.7 Å². The number of piperidine rings is 1. The van der Waals surface area contributed by atoms with E-state index in [1.807, 2.05) is 19.9 Å². The summed E-state index contributed by atoms with van der Waals surface area (Å²) in [5, 5.41) is 17.1. The van der Waals surface area contributed by atoms with E-state index in [1.54, 1.807) is 5.32 Å². The molecule has 2 saturated carbocycles. The van der Waals surface area contributed by atoms with Crippen LogP contribution < -0.4 is 16.0 Å². The van der Waals surface area contributed by atoms with Crippen molar-refractivity contribution in [1.82, 2.24) is 20.9 Å². The summed E-state index contributed by atoms with van der Waals surface area (Å²) >= 11 is 0. The van der Waals surface area contributed by atoms with E-state index in [0.29, 0.717) is 6.42 Å². The topological polar surface area (TPSA) is 141 Å². The van der Waals surface area contributed by atoms with Gasteiger partial charge >= 0.3 is 12.1 Å². The fourth-order valence-electron chi connectivity index (χ4n) is 6.18. The van der Waals surface area contributed by atoms with Crippen molar-refractivity contribution >= 4 is 23.6 Å². The number of hydrogen-bond donors (Lipinski definition) is 3. The van der Waals surface area contributed by atoms with E-state index in [4.69, 9.17) is 4.74 Å². The molecule has 1 spiro atoms. The van der Waals surface area contributed by atoms with Crippen LogP contribution in [0.2, 0.25) is 0 Å². The molecular formula is C25H34F3N5O5. The van der Waals surface area contributed by atoms with Gasteiger partial charge < -0.3 is 25.6 Å². The van der Waals surface area contributed by atoms with Crippen molar-refractivity contribution < 1.29 is 37.1 Å². The molecule has 4 amide bonds. The number of nitriles is 1. The molecule has 2 aliphatic heterocycles. The van der Waals surface area contributed by atoms with E-state index in [9.17, 15) is 37.6 Å². The number of likely N-dealkylation sites (tertiary alicyclic amines) is 1. The summed E-state index contributed by atoms with van der Waals surface area (Å²) in [5.41, 5.74) is -2.01. The monoisotopic (exact) mass is 541 g/mol. The summed E-state index contributed by atoms with van der Waals surface area (Å²) in [6, 6.07) is -1.73. The molecule has 2 saturated heterocycles. The molecule has 38 heavy (non-hydrogen) atoms. The van der Waals surface area contributed by atoms with Gasteiger partial charge in [-0.1, -0.05) is 13.8 Å². The summed E-state index contributed by atoms with van der Waals surface area (Å²) in [6.45, 7) is 6.72. The first-order valence-corrected chi connectivity index (χ1v) is 12.7. The molecule has 0 unspecified atom stereocenters. The van der Waals surface area contributed by atoms with Gasteiger partial charge in [0.2, 0.25) is 17.7 Å². The average molecular weight is 542 g/mol. The highest BCUT2D eigenvalue weighted by molar-refractivity contribution is 5.95. The summed E-state index contributed by atoms with van der Waals surface area (Å²) in [4.78, 5) is 52.4. The number of hydrogen-bond acceptors (Lipinski definition) is 6. The molecule has 3 N–H and O–H groups in total. The van der Waals surface area contributed by atoms with Crippen molar-refractivity contribution in [1.29, 1.82) is 5.26 Å². The lowest BCUT2D eigenvalue weighted by molar-refractivity contribution is -0.178. The number of alkyl halides is 3. The average Bonchev–Trinajstić information content (AvgIpc) is 3.54. The normalized spacial score (nSPS) is 30.1. The van der Waals surface area contributed by atoms with E-state index in [1.165, 1.54) is 25.9 Å². The molecule has 210 valence electrons. The fraction of sp³-hybridized carbons (Fsp3) is 0.800. The van der Waals surface area contributed by atoms with Crippen LogP contribution in [0.5, 0.6) is 0 Å². The fourth-order valence-corrected chi connectivity index (χ4v) is 6.18. The van der Waals surface area contributed by atoms with E-state index >= 15 is 0 Å². The first kappa shape index (κ1) is 28.1. The van der Waals surface area contributed by atoms with Gasteiger partial charge in [0.1, 0.15) is 18.1 Å². The molecule has 0 aromatic rings. The van der Waals surface area contributed by atoms with Gasteiger partial charge in [0.15, 0.2) is 0 Å². The second-order valence-electron chi connectivity index (χ2n) is 12.2. The second-order valence-corrected chi connectivity index (χ2v) is 12.2. The SMILES string of the molecule is COC(C)(C)[C@H](NC(=O)C(F)(F)F)C(=O)N1C[C@H]2[C@@H]([C@H]1C(=O)N[C@H](C#N)C[C@@H]1CC3(CC3)NC1=O)C2(C)C. The molecule has 13 heteroatoms. The number of ether oxygens (including phenoxy) is 1. The number of halogens is 3. The zero-order chi connectivity index (χ0) is 28.4. The van der Waals surface area contributed by atoms with Crippen molar-refractivity contribution in [2.24, 2.45) is 23.2 Å². The first-order chi connectivity index (χ1) is 17.5. The van der Waals surface area contributed by atoms with E-state index in [0.717, 1.165) is 12.8 Å². The Morgan fingerprint density at radius 3 is 2.37 bits per heavy atom. The molecular weight excluding hydrogens is 507 g/mol. The maximum atomic E-state index is 13.6. The number of fused-ring (bicyclic) bond motifs is 1. The lowest BCUT2D eigenvalue weighted by atomic mass is 9.93. The maximum Gasteiger partial charge on any atom is 0.471 e. The van der Waals surface area contributed by atoms with E-state index < -0.39 is 53.5 Å². The zero-order valence-electron chi connectivity index (χ0n) is 22.1. The van der Waals surface area contributed by atoms with Crippen LogP contribution in [0.15, 0.2) is 0 Å². The molecule has 10 nitrogen and oxygen atoms in total. The van der Waals surface area contributed by atoms with Crippen LogP contribution in [0, 0.1) is 34.5 Å². The third kappa shape index (κ3) is 4.95. The van der Waals surface area contributed by atoms with Crippen LogP contribution in [0.4, 0.5) is 13.2 Å². The van der Waals surface area contributed by atoms with Gasteiger partial charge in [-0.25, -0.2) is 0 Å². The smallest absolute Gasteiger partial charge is 0.376 e. The quantitative estimate of drug-likeness (QED) is 0.419. The number of nitrogens with zero attached hydrogens (tertiary/aromatic N) is 2. The summed E-state index contributed by atoms with van der Waals surface area (Å²) in [7, 11) is 1.21. The van der Waals surface area contributed by atoms with Gasteiger partial charge in [-0.3, -0.25) is 19.2 Å². The van der Waals surface area contributed by atoms with Gasteiger partial charge in [0.25, 0.3) is 0 Å². The number of amides is 4. The Morgan fingerprint density at radius 1 is 1.24 bits per heavy atom. The molecule has 4 aliphatic rings. The number of carbonyl (C=O) groups is 4. The molecule has 0 aromatic heterocycles. The number of methoxy groups -OCH3 is 1. The number of rotatable bonds is 8. The zero-order valence-corrected chi connectivity index (χ0v) is 22.1. The van der Waals surface area contributed by atoms with E-state index in [-0.39, 0.29) is 41.7 Å². The molecule has 2 heterocycles. The van der Waals surface area contributed by atoms with E-state index in [2.05, 4.69) is 10.6 Å². The van der Waals surface area contributed by atoms with Crippen molar-refractivity contribution in [2.45, 2.75) is 88.8 Å². The molecule has 0 bridgehead atoms. The second kappa shape index (κ2) is 9.10. The Kier molecular flexibility index (Phi) is 6.74. The highest BCUT2D eigenvalue weighted by atomic mass is 19.4. The Labute approximate surface area is 219 Å². The van der Waals surface area contributed by atoms with Crippen molar-refractivity contribution in [3.63, 3.8) is 0 Å².